The number of nitrogens with one attached hydrogen (secondary N) is 2. The van der Waals surface area contributed by atoms with Crippen LogP contribution in [0.25, 0.3) is 22.0 Å². The van der Waals surface area contributed by atoms with Gasteiger partial charge in [0.05, 0.1) is 5.52 Å². The molecule has 0 spiro atoms. The van der Waals surface area contributed by atoms with Crippen molar-refractivity contribution in [2.45, 2.75) is 0 Å². The van der Waals surface area contributed by atoms with Crippen molar-refractivity contribution in [1.82, 2.24) is 9.97 Å². The monoisotopic (exact) mass is 527 g/mol. The topological polar surface area (TPSA) is 70.2 Å². The number of hydrogen-bond donors (Lipinski definition) is 2. The number of carbonyl (C=O) groups is 1. The second-order valence-corrected chi connectivity index (χ2v) is 9.55. The Labute approximate surface area is 224 Å². The molecule has 1 aromatic heterocycles. The molecule has 0 unspecified atom stereocenters. The molecule has 0 fully saturated rings. The van der Waals surface area contributed by atoms with Gasteiger partial charge in [0.2, 0.25) is 5.95 Å². The number of carbonyl (C=O) groups excluding carboxylic acids is 1. The second-order valence-electron chi connectivity index (χ2n) is 8.67. The van der Waals surface area contributed by atoms with Crippen LogP contribution >= 0.6 is 23.2 Å². The second kappa shape index (κ2) is 10.5. The molecular formula is C29H23Cl2N5O. The highest BCUT2D eigenvalue weighted by molar-refractivity contribution is 6.35. The first-order valence-electron chi connectivity index (χ1n) is 11.5. The molecule has 184 valence electrons. The van der Waals surface area contributed by atoms with E-state index in [2.05, 4.69) is 20.6 Å². The highest BCUT2D eigenvalue weighted by Gasteiger charge is 2.11. The summed E-state index contributed by atoms with van der Waals surface area (Å²) < 4.78 is 0. The Hall–Kier alpha value is -4.13. The predicted octanol–water partition coefficient (Wildman–Crippen LogP) is 7.67. The molecule has 0 saturated carbocycles. The van der Waals surface area contributed by atoms with Gasteiger partial charge in [-0.25, -0.2) is 4.98 Å². The number of halogens is 2. The van der Waals surface area contributed by atoms with E-state index in [4.69, 9.17) is 23.2 Å². The minimum absolute atomic E-state index is 0.204. The van der Waals surface area contributed by atoms with Gasteiger partial charge in [-0.2, -0.15) is 4.98 Å². The van der Waals surface area contributed by atoms with Crippen molar-refractivity contribution in [2.24, 2.45) is 0 Å². The van der Waals surface area contributed by atoms with E-state index >= 15 is 0 Å². The van der Waals surface area contributed by atoms with E-state index in [0.29, 0.717) is 27.2 Å². The van der Waals surface area contributed by atoms with Crippen LogP contribution in [-0.4, -0.2) is 30.0 Å². The molecule has 5 rings (SSSR count). The standard InChI is InChI=1S/C29H23Cl2N5O/c1-36(2)27-25-5-3-4-6-26(25)34-29(35-27)33-24-13-11-23(12-14-24)32-28(37)19-9-7-18(8-10-19)20-15-21(30)17-22(31)16-20/h3-17H,1-2H3,(H,32,37)(H,33,34,35). The van der Waals surface area contributed by atoms with E-state index in [1.807, 2.05) is 91.8 Å². The first kappa shape index (κ1) is 24.6. The molecule has 5 aromatic rings. The smallest absolute Gasteiger partial charge is 0.255 e. The van der Waals surface area contributed by atoms with E-state index < -0.39 is 0 Å². The van der Waals surface area contributed by atoms with Crippen molar-refractivity contribution in [3.05, 3.63) is 107 Å². The van der Waals surface area contributed by atoms with Crippen molar-refractivity contribution in [1.29, 1.82) is 0 Å². The average molecular weight is 528 g/mol. The number of fused-ring (bicyclic) bond motifs is 1. The lowest BCUT2D eigenvalue weighted by molar-refractivity contribution is 0.102. The molecule has 0 saturated heterocycles. The van der Waals surface area contributed by atoms with E-state index in [1.54, 1.807) is 18.2 Å². The maximum Gasteiger partial charge on any atom is 0.255 e. The molecule has 0 atom stereocenters. The number of nitrogens with zero attached hydrogens (tertiary/aromatic N) is 3. The number of rotatable bonds is 6. The van der Waals surface area contributed by atoms with Gasteiger partial charge in [-0.05, 0) is 77.9 Å². The molecule has 8 heteroatoms. The van der Waals surface area contributed by atoms with Gasteiger partial charge in [-0.3, -0.25) is 4.79 Å². The third-order valence-electron chi connectivity index (χ3n) is 5.75. The number of para-hydroxylation sites is 1. The van der Waals surface area contributed by atoms with Crippen LogP contribution < -0.4 is 15.5 Å². The Morgan fingerprint density at radius 3 is 2.08 bits per heavy atom. The number of anilines is 4. The zero-order chi connectivity index (χ0) is 25.9. The fourth-order valence-corrected chi connectivity index (χ4v) is 4.49. The van der Waals surface area contributed by atoms with Crippen LogP contribution in [0.5, 0.6) is 0 Å². The molecule has 2 N–H and O–H groups in total. The molecule has 1 amide bonds. The molecule has 1 heterocycles. The van der Waals surface area contributed by atoms with Gasteiger partial charge in [0.15, 0.2) is 0 Å². The molecule has 0 aliphatic carbocycles. The van der Waals surface area contributed by atoms with E-state index in [0.717, 1.165) is 33.5 Å². The summed E-state index contributed by atoms with van der Waals surface area (Å²) >= 11 is 12.2. The number of aromatic nitrogens is 2. The fraction of sp³-hybridized carbons (Fsp3) is 0.0690. The predicted molar refractivity (Wildman–Crippen MR) is 153 cm³/mol. The van der Waals surface area contributed by atoms with Gasteiger partial charge in [-0.1, -0.05) is 47.5 Å². The Balaban J connectivity index is 1.27. The first-order valence-corrected chi connectivity index (χ1v) is 12.3. The van der Waals surface area contributed by atoms with Crippen LogP contribution in [0.4, 0.5) is 23.1 Å². The lowest BCUT2D eigenvalue weighted by Crippen LogP contribution is -2.13. The third kappa shape index (κ3) is 5.66. The van der Waals surface area contributed by atoms with Gasteiger partial charge in [0.1, 0.15) is 5.82 Å². The fourth-order valence-electron chi connectivity index (χ4n) is 3.96. The van der Waals surface area contributed by atoms with Crippen LogP contribution in [0.15, 0.2) is 91.0 Å². The van der Waals surface area contributed by atoms with Crippen LogP contribution in [-0.2, 0) is 0 Å². The maximum atomic E-state index is 12.8. The minimum atomic E-state index is -0.204. The summed E-state index contributed by atoms with van der Waals surface area (Å²) in [5.41, 5.74) is 4.69. The first-order chi connectivity index (χ1) is 17.9. The maximum absolute atomic E-state index is 12.8. The van der Waals surface area contributed by atoms with Crippen molar-refractivity contribution in [3.8, 4) is 11.1 Å². The quantitative estimate of drug-likeness (QED) is 0.237. The summed E-state index contributed by atoms with van der Waals surface area (Å²) in [6.07, 6.45) is 0. The van der Waals surface area contributed by atoms with Crippen molar-refractivity contribution >= 4 is 63.2 Å². The van der Waals surface area contributed by atoms with Gasteiger partial charge in [0.25, 0.3) is 5.91 Å². The molecule has 0 radical (unpaired) electrons. The molecule has 4 aromatic carbocycles. The van der Waals surface area contributed by atoms with Crippen LogP contribution in [0.1, 0.15) is 10.4 Å². The van der Waals surface area contributed by atoms with Crippen LogP contribution in [0.2, 0.25) is 10.0 Å². The van der Waals surface area contributed by atoms with Crippen molar-refractivity contribution in [3.63, 3.8) is 0 Å². The van der Waals surface area contributed by atoms with Gasteiger partial charge in [-0.15, -0.1) is 0 Å². The molecule has 0 aliphatic heterocycles. The number of hydrogen-bond acceptors (Lipinski definition) is 5. The lowest BCUT2D eigenvalue weighted by Gasteiger charge is -2.16. The number of benzene rings is 4. The van der Waals surface area contributed by atoms with Gasteiger partial charge < -0.3 is 15.5 Å². The van der Waals surface area contributed by atoms with E-state index in [-0.39, 0.29) is 5.91 Å². The third-order valence-corrected chi connectivity index (χ3v) is 6.19. The lowest BCUT2D eigenvalue weighted by atomic mass is 10.0. The molecular weight excluding hydrogens is 505 g/mol. The zero-order valence-corrected chi connectivity index (χ0v) is 21.7. The number of amides is 1. The average Bonchev–Trinajstić information content (AvgIpc) is 2.89. The summed E-state index contributed by atoms with van der Waals surface area (Å²) in [5, 5.41) is 8.29. The van der Waals surface area contributed by atoms with Crippen LogP contribution in [0, 0.1) is 0 Å². The normalized spacial score (nSPS) is 10.8. The highest BCUT2D eigenvalue weighted by atomic mass is 35.5. The Morgan fingerprint density at radius 1 is 0.757 bits per heavy atom. The van der Waals surface area contributed by atoms with Gasteiger partial charge >= 0.3 is 0 Å². The summed E-state index contributed by atoms with van der Waals surface area (Å²) in [6.45, 7) is 0. The van der Waals surface area contributed by atoms with Crippen LogP contribution in [0.3, 0.4) is 0 Å². The Morgan fingerprint density at radius 2 is 1.41 bits per heavy atom. The Kier molecular flexibility index (Phi) is 6.95. The molecule has 6 nitrogen and oxygen atoms in total. The van der Waals surface area contributed by atoms with Crippen molar-refractivity contribution < 1.29 is 4.79 Å². The van der Waals surface area contributed by atoms with Gasteiger partial charge in [0, 0.05) is 46.5 Å². The largest absolute Gasteiger partial charge is 0.362 e. The zero-order valence-electron chi connectivity index (χ0n) is 20.2. The van der Waals surface area contributed by atoms with Crippen molar-refractivity contribution in [2.75, 3.05) is 29.6 Å². The highest BCUT2D eigenvalue weighted by Crippen LogP contribution is 2.28. The van der Waals surface area contributed by atoms with E-state index in [1.165, 1.54) is 0 Å². The van der Waals surface area contributed by atoms with E-state index in [9.17, 15) is 4.79 Å². The molecule has 0 aliphatic rings. The summed E-state index contributed by atoms with van der Waals surface area (Å²) in [4.78, 5) is 24.0. The minimum Gasteiger partial charge on any atom is -0.362 e. The summed E-state index contributed by atoms with van der Waals surface area (Å²) in [6, 6.07) is 27.9. The Bertz CT molecular complexity index is 1570. The molecule has 0 bridgehead atoms. The molecule has 37 heavy (non-hydrogen) atoms. The summed E-state index contributed by atoms with van der Waals surface area (Å²) in [5.74, 6) is 1.13. The SMILES string of the molecule is CN(C)c1nc(Nc2ccc(NC(=O)c3ccc(-c4cc(Cl)cc(Cl)c4)cc3)cc2)nc2ccccc12. The summed E-state index contributed by atoms with van der Waals surface area (Å²) in [7, 11) is 3.91.